The molecule has 0 aliphatic heterocycles. The highest BCUT2D eigenvalue weighted by Gasteiger charge is 2.50. The highest BCUT2D eigenvalue weighted by molar-refractivity contribution is 6.99. The van der Waals surface area contributed by atoms with E-state index in [1.165, 1.54) is 35.2 Å². The Balaban J connectivity index is 1.77. The van der Waals surface area contributed by atoms with E-state index in [-0.39, 0.29) is 11.1 Å². The molecule has 3 rings (SSSR count). The van der Waals surface area contributed by atoms with Gasteiger partial charge in [0.15, 0.2) is 0 Å². The van der Waals surface area contributed by atoms with Crippen LogP contribution in [0.15, 0.2) is 84.9 Å². The summed E-state index contributed by atoms with van der Waals surface area (Å²) in [6.45, 7) is 10.5. The molecule has 0 radical (unpaired) electrons. The minimum atomic E-state index is -2.52. The summed E-state index contributed by atoms with van der Waals surface area (Å²) in [5.41, 5.74) is 1.17. The van der Waals surface area contributed by atoms with Crippen molar-refractivity contribution in [3.8, 4) is 5.75 Å². The van der Waals surface area contributed by atoms with Gasteiger partial charge >= 0.3 is 0 Å². The Morgan fingerprint density at radius 2 is 1.33 bits per heavy atom. The van der Waals surface area contributed by atoms with E-state index in [1.807, 2.05) is 12.1 Å². The largest absolute Gasteiger partial charge is 0.497 e. The lowest BCUT2D eigenvalue weighted by Gasteiger charge is -2.43. The molecule has 0 saturated carbocycles. The van der Waals surface area contributed by atoms with Crippen LogP contribution in [0.3, 0.4) is 0 Å². The van der Waals surface area contributed by atoms with Gasteiger partial charge < -0.3 is 13.9 Å². The molecule has 0 fully saturated rings. The van der Waals surface area contributed by atoms with Gasteiger partial charge in [0.05, 0.1) is 19.8 Å². The van der Waals surface area contributed by atoms with Gasteiger partial charge in [0, 0.05) is 6.61 Å². The van der Waals surface area contributed by atoms with Crippen molar-refractivity contribution in [2.45, 2.75) is 77.5 Å². The SMILES string of the molecule is CCCCC[C@H](CCO[Si](c1ccccc1)(c1ccccc1)C(C)(C)C)OCc1ccc(OC)cc1. The highest BCUT2D eigenvalue weighted by Crippen LogP contribution is 2.37. The van der Waals surface area contributed by atoms with Crippen LogP contribution in [0.1, 0.15) is 65.4 Å². The molecule has 0 aliphatic rings. The quantitative estimate of drug-likeness (QED) is 0.173. The van der Waals surface area contributed by atoms with Gasteiger partial charge in [-0.2, -0.15) is 0 Å². The molecule has 0 saturated heterocycles. The van der Waals surface area contributed by atoms with Crippen molar-refractivity contribution in [2.75, 3.05) is 13.7 Å². The Morgan fingerprint density at radius 3 is 1.83 bits per heavy atom. The van der Waals surface area contributed by atoms with Crippen LogP contribution in [-0.4, -0.2) is 28.1 Å². The zero-order valence-electron chi connectivity index (χ0n) is 22.8. The van der Waals surface area contributed by atoms with Gasteiger partial charge in [0.2, 0.25) is 0 Å². The van der Waals surface area contributed by atoms with E-state index in [0.29, 0.717) is 13.2 Å². The van der Waals surface area contributed by atoms with Crippen molar-refractivity contribution >= 4 is 18.7 Å². The number of ether oxygens (including phenoxy) is 2. The maximum Gasteiger partial charge on any atom is 0.261 e. The molecule has 194 valence electrons. The molecule has 3 nitrogen and oxygen atoms in total. The predicted molar refractivity (Wildman–Crippen MR) is 154 cm³/mol. The third kappa shape index (κ3) is 7.31. The molecule has 0 unspecified atom stereocenters. The molecule has 3 aromatic rings. The van der Waals surface area contributed by atoms with Crippen molar-refractivity contribution in [2.24, 2.45) is 0 Å². The average Bonchev–Trinajstić information content (AvgIpc) is 2.90. The summed E-state index contributed by atoms with van der Waals surface area (Å²) in [6, 6.07) is 29.9. The third-order valence-electron chi connectivity index (χ3n) is 6.95. The second kappa shape index (κ2) is 13.8. The van der Waals surface area contributed by atoms with Crippen molar-refractivity contribution in [1.29, 1.82) is 0 Å². The second-order valence-corrected chi connectivity index (χ2v) is 14.9. The minimum Gasteiger partial charge on any atom is -0.497 e. The Hall–Kier alpha value is -2.40. The average molecular weight is 505 g/mol. The topological polar surface area (TPSA) is 27.7 Å². The Kier molecular flexibility index (Phi) is 10.8. The van der Waals surface area contributed by atoms with Crippen molar-refractivity contribution in [3.63, 3.8) is 0 Å². The molecule has 3 aromatic carbocycles. The fourth-order valence-electron chi connectivity index (χ4n) is 4.97. The van der Waals surface area contributed by atoms with E-state index < -0.39 is 8.32 Å². The lowest BCUT2D eigenvalue weighted by Crippen LogP contribution is -2.66. The zero-order chi connectivity index (χ0) is 25.9. The first-order valence-electron chi connectivity index (χ1n) is 13.4. The van der Waals surface area contributed by atoms with Gasteiger partial charge in [-0.1, -0.05) is 120 Å². The van der Waals surface area contributed by atoms with Crippen LogP contribution in [0, 0.1) is 0 Å². The summed E-state index contributed by atoms with van der Waals surface area (Å²) in [7, 11) is -0.826. The molecule has 1 atom stereocenters. The molecule has 0 amide bonds. The summed E-state index contributed by atoms with van der Waals surface area (Å²) in [6.07, 6.45) is 5.76. The summed E-state index contributed by atoms with van der Waals surface area (Å²) in [4.78, 5) is 0. The van der Waals surface area contributed by atoms with Gasteiger partial charge in [-0.05, 0) is 45.9 Å². The zero-order valence-corrected chi connectivity index (χ0v) is 23.8. The fraction of sp³-hybridized carbons (Fsp3) is 0.438. The molecule has 0 bridgehead atoms. The number of rotatable bonds is 14. The fourth-order valence-corrected chi connectivity index (χ4v) is 9.55. The first-order valence-corrected chi connectivity index (χ1v) is 15.3. The molecule has 36 heavy (non-hydrogen) atoms. The monoisotopic (exact) mass is 504 g/mol. The van der Waals surface area contributed by atoms with Crippen molar-refractivity contribution in [3.05, 3.63) is 90.5 Å². The maximum atomic E-state index is 7.13. The van der Waals surface area contributed by atoms with Crippen LogP contribution in [0.2, 0.25) is 5.04 Å². The van der Waals surface area contributed by atoms with Crippen LogP contribution in [0.5, 0.6) is 5.75 Å². The predicted octanol–water partition coefficient (Wildman–Crippen LogP) is 7.13. The van der Waals surface area contributed by atoms with Gasteiger partial charge in [0.25, 0.3) is 8.32 Å². The van der Waals surface area contributed by atoms with Crippen LogP contribution in [-0.2, 0) is 15.8 Å². The number of hydrogen-bond acceptors (Lipinski definition) is 3. The second-order valence-electron chi connectivity index (χ2n) is 10.6. The molecule has 0 heterocycles. The van der Waals surface area contributed by atoms with Gasteiger partial charge in [0.1, 0.15) is 5.75 Å². The van der Waals surface area contributed by atoms with Gasteiger partial charge in [-0.3, -0.25) is 0 Å². The maximum absolute atomic E-state index is 7.13. The molecular weight excluding hydrogens is 460 g/mol. The molecule has 0 aromatic heterocycles. The smallest absolute Gasteiger partial charge is 0.261 e. The van der Waals surface area contributed by atoms with Gasteiger partial charge in [-0.25, -0.2) is 0 Å². The minimum absolute atomic E-state index is 0.0165. The van der Waals surface area contributed by atoms with Crippen LogP contribution < -0.4 is 15.1 Å². The van der Waals surface area contributed by atoms with E-state index in [4.69, 9.17) is 13.9 Å². The molecule has 0 N–H and O–H groups in total. The molecule has 0 aliphatic carbocycles. The number of hydrogen-bond donors (Lipinski definition) is 0. The first kappa shape index (κ1) is 28.2. The normalized spacial score (nSPS) is 12.9. The molecule has 0 spiro atoms. The van der Waals surface area contributed by atoms with Crippen LogP contribution >= 0.6 is 0 Å². The van der Waals surface area contributed by atoms with E-state index in [9.17, 15) is 0 Å². The highest BCUT2D eigenvalue weighted by atomic mass is 28.4. The Bertz CT molecular complexity index is 958. The lowest BCUT2D eigenvalue weighted by molar-refractivity contribution is 0.0188. The van der Waals surface area contributed by atoms with Gasteiger partial charge in [-0.15, -0.1) is 0 Å². The van der Waals surface area contributed by atoms with E-state index >= 15 is 0 Å². The number of benzene rings is 3. The third-order valence-corrected chi connectivity index (χ3v) is 12.0. The van der Waals surface area contributed by atoms with Crippen LogP contribution in [0.4, 0.5) is 0 Å². The van der Waals surface area contributed by atoms with E-state index in [0.717, 1.165) is 18.6 Å². The first-order chi connectivity index (χ1) is 17.4. The standard InChI is InChI=1S/C32H44O3Si/c1-6-7-10-15-29(34-26-27-20-22-28(33-5)23-21-27)24-25-35-36(32(2,3)4,30-16-11-8-12-17-30)31-18-13-9-14-19-31/h8-9,11-14,16-23,29H,6-7,10,15,24-26H2,1-5H3/t29-/m1/s1. The number of unbranched alkanes of at least 4 members (excludes halogenated alkanes) is 2. The Morgan fingerprint density at radius 1 is 0.750 bits per heavy atom. The summed E-state index contributed by atoms with van der Waals surface area (Å²) in [5, 5.41) is 2.63. The molecular formula is C32H44O3Si. The molecule has 4 heteroatoms. The van der Waals surface area contributed by atoms with Crippen LogP contribution in [0.25, 0.3) is 0 Å². The summed E-state index contributed by atoms with van der Waals surface area (Å²) >= 11 is 0. The van der Waals surface area contributed by atoms with E-state index in [2.05, 4.69) is 100 Å². The summed E-state index contributed by atoms with van der Waals surface area (Å²) < 4.78 is 18.9. The van der Waals surface area contributed by atoms with Crippen molar-refractivity contribution in [1.82, 2.24) is 0 Å². The number of methoxy groups -OCH3 is 1. The lowest BCUT2D eigenvalue weighted by atomic mass is 10.1. The van der Waals surface area contributed by atoms with E-state index in [1.54, 1.807) is 7.11 Å². The Labute approximate surface area is 219 Å². The van der Waals surface area contributed by atoms with Crippen molar-refractivity contribution < 1.29 is 13.9 Å². The summed E-state index contributed by atoms with van der Waals surface area (Å²) in [5.74, 6) is 0.872.